The molecular weight excluding hydrogens is 437 g/mol. The Hall–Kier alpha value is -3.24. The summed E-state index contributed by atoms with van der Waals surface area (Å²) in [6.45, 7) is -2.38. The van der Waals surface area contributed by atoms with Crippen molar-refractivity contribution >= 4 is 12.4 Å². The minimum absolute atomic E-state index is 0.0335. The molecule has 0 unspecified atom stereocenters. The van der Waals surface area contributed by atoms with Gasteiger partial charge in [-0.05, 0) is 23.8 Å². The number of aldehydes is 1. The van der Waals surface area contributed by atoms with E-state index in [9.17, 15) is 35.5 Å². The van der Waals surface area contributed by atoms with Crippen LogP contribution in [0.3, 0.4) is 0 Å². The first-order chi connectivity index (χ1) is 14.5. The molecule has 166 valence electrons. The molecule has 0 spiro atoms. The lowest BCUT2D eigenvalue weighted by atomic mass is 10.1. The summed E-state index contributed by atoms with van der Waals surface area (Å²) in [7, 11) is 0. The molecule has 0 amide bonds. The molecule has 2 aromatic rings. The molecule has 3 rings (SSSR count). The molecule has 11 heteroatoms. The van der Waals surface area contributed by atoms with Crippen LogP contribution >= 0.6 is 0 Å². The Labute approximate surface area is 170 Å². The van der Waals surface area contributed by atoms with Crippen molar-refractivity contribution in [3.05, 3.63) is 58.4 Å². The highest BCUT2D eigenvalue weighted by Crippen LogP contribution is 2.38. The first-order valence-corrected chi connectivity index (χ1v) is 8.61. The van der Waals surface area contributed by atoms with Crippen LogP contribution in [0.5, 0.6) is 17.2 Å². The molecule has 1 aliphatic heterocycles. The summed E-state index contributed by atoms with van der Waals surface area (Å²) in [5, 5.41) is 0. The van der Waals surface area contributed by atoms with Gasteiger partial charge in [-0.1, -0.05) is 6.07 Å². The van der Waals surface area contributed by atoms with Crippen LogP contribution in [0.15, 0.2) is 35.9 Å². The molecule has 0 aliphatic carbocycles. The Kier molecular flexibility index (Phi) is 6.14. The van der Waals surface area contributed by atoms with Gasteiger partial charge in [-0.15, -0.1) is 0 Å². The molecule has 0 radical (unpaired) electrons. The second kappa shape index (κ2) is 8.48. The topological polar surface area (TPSA) is 44.8 Å². The van der Waals surface area contributed by atoms with Crippen molar-refractivity contribution in [2.24, 2.45) is 0 Å². The van der Waals surface area contributed by atoms with Crippen LogP contribution in [0, 0.1) is 5.82 Å². The number of benzene rings is 2. The van der Waals surface area contributed by atoms with Crippen molar-refractivity contribution in [1.29, 1.82) is 0 Å². The first kappa shape index (κ1) is 22.4. The van der Waals surface area contributed by atoms with Crippen molar-refractivity contribution in [1.82, 2.24) is 0 Å². The summed E-state index contributed by atoms with van der Waals surface area (Å²) in [5.74, 6) is -1.70. The van der Waals surface area contributed by atoms with E-state index in [1.165, 1.54) is 12.1 Å². The Bertz CT molecular complexity index is 1010. The number of halogens is 7. The quantitative estimate of drug-likeness (QED) is 0.441. The van der Waals surface area contributed by atoms with Crippen LogP contribution in [-0.2, 0) is 17.6 Å². The molecule has 0 fully saturated rings. The Morgan fingerprint density at radius 2 is 1.77 bits per heavy atom. The lowest BCUT2D eigenvalue weighted by Crippen LogP contribution is -2.21. The third-order valence-electron chi connectivity index (χ3n) is 4.09. The summed E-state index contributed by atoms with van der Waals surface area (Å²) < 4.78 is 106. The molecule has 0 saturated heterocycles. The molecule has 2 aromatic carbocycles. The zero-order chi connectivity index (χ0) is 22.8. The van der Waals surface area contributed by atoms with Crippen LogP contribution in [0.1, 0.15) is 16.7 Å². The van der Waals surface area contributed by atoms with Gasteiger partial charge >= 0.3 is 12.4 Å². The highest BCUT2D eigenvalue weighted by Gasteiger charge is 2.36. The molecular formula is C20H13F7O4. The maximum Gasteiger partial charge on any atom is 0.422 e. The Morgan fingerprint density at radius 3 is 2.42 bits per heavy atom. The largest absolute Gasteiger partial charge is 0.489 e. The SMILES string of the molecule is O=CC1=Cc2c(F)cc(OCc3ccc(OCC(F)(F)F)c(C(F)(F)F)c3)cc2OC1. The molecule has 4 nitrogen and oxygen atoms in total. The van der Waals surface area contributed by atoms with E-state index in [1.54, 1.807) is 0 Å². The number of ether oxygens (including phenoxy) is 3. The summed E-state index contributed by atoms with van der Waals surface area (Å²) in [5.41, 5.74) is -1.17. The normalized spacial score (nSPS) is 13.7. The van der Waals surface area contributed by atoms with Crippen LogP contribution in [0.2, 0.25) is 0 Å². The number of fused-ring (bicyclic) bond motifs is 1. The molecule has 1 heterocycles. The van der Waals surface area contributed by atoms with Gasteiger partial charge in [0.25, 0.3) is 0 Å². The van der Waals surface area contributed by atoms with Gasteiger partial charge in [0.05, 0.1) is 11.1 Å². The molecule has 1 aliphatic rings. The zero-order valence-electron chi connectivity index (χ0n) is 15.4. The molecule has 0 bridgehead atoms. The molecule has 0 N–H and O–H groups in total. The average Bonchev–Trinajstić information content (AvgIpc) is 2.69. The predicted molar refractivity (Wildman–Crippen MR) is 93.3 cm³/mol. The smallest absolute Gasteiger partial charge is 0.422 e. The van der Waals surface area contributed by atoms with Crippen LogP contribution < -0.4 is 14.2 Å². The van der Waals surface area contributed by atoms with E-state index in [0.717, 1.165) is 18.2 Å². The monoisotopic (exact) mass is 450 g/mol. The number of carbonyl (C=O) groups is 1. The van der Waals surface area contributed by atoms with Crippen molar-refractivity contribution in [2.45, 2.75) is 19.0 Å². The van der Waals surface area contributed by atoms with Crippen molar-refractivity contribution in [3.63, 3.8) is 0 Å². The van der Waals surface area contributed by atoms with Crippen LogP contribution in [-0.4, -0.2) is 25.7 Å². The van der Waals surface area contributed by atoms with E-state index in [4.69, 9.17) is 9.47 Å². The summed E-state index contributed by atoms with van der Waals surface area (Å²) in [4.78, 5) is 10.8. The standard InChI is InChI=1S/C20H13F7O4/c21-16-5-13(6-18-14(16)3-12(7-28)9-30-18)29-8-11-1-2-17(31-10-19(22,23)24)15(4-11)20(25,26)27/h1-7H,8-10H2. The second-order valence-electron chi connectivity index (χ2n) is 6.46. The Morgan fingerprint density at radius 1 is 1.03 bits per heavy atom. The first-order valence-electron chi connectivity index (χ1n) is 8.61. The van der Waals surface area contributed by atoms with Crippen molar-refractivity contribution in [2.75, 3.05) is 13.2 Å². The lowest BCUT2D eigenvalue weighted by Gasteiger charge is -2.18. The maximum absolute atomic E-state index is 14.2. The van der Waals surface area contributed by atoms with Gasteiger partial charge in [0.1, 0.15) is 42.6 Å². The van der Waals surface area contributed by atoms with Crippen LogP contribution in [0.25, 0.3) is 6.08 Å². The summed E-state index contributed by atoms with van der Waals surface area (Å²) in [6.07, 6.45) is -7.94. The van der Waals surface area contributed by atoms with E-state index in [2.05, 4.69) is 4.74 Å². The van der Waals surface area contributed by atoms with Crippen molar-refractivity contribution in [3.8, 4) is 17.2 Å². The van der Waals surface area contributed by atoms with Crippen LogP contribution in [0.4, 0.5) is 30.7 Å². The van der Waals surface area contributed by atoms with Gasteiger partial charge in [0.15, 0.2) is 6.61 Å². The highest BCUT2D eigenvalue weighted by molar-refractivity contribution is 5.84. The van der Waals surface area contributed by atoms with E-state index < -0.39 is 42.7 Å². The van der Waals surface area contributed by atoms with Gasteiger partial charge in [0, 0.05) is 17.7 Å². The number of alkyl halides is 6. The Balaban J connectivity index is 1.78. The van der Waals surface area contributed by atoms with E-state index in [-0.39, 0.29) is 34.8 Å². The predicted octanol–water partition coefficient (Wildman–Crippen LogP) is 5.34. The lowest BCUT2D eigenvalue weighted by molar-refractivity contribution is -0.158. The molecule has 0 atom stereocenters. The number of rotatable bonds is 6. The van der Waals surface area contributed by atoms with Crippen molar-refractivity contribution < 1.29 is 49.7 Å². The number of carbonyl (C=O) groups excluding carboxylic acids is 1. The van der Waals surface area contributed by atoms with Gasteiger partial charge < -0.3 is 14.2 Å². The fourth-order valence-corrected chi connectivity index (χ4v) is 2.71. The fourth-order valence-electron chi connectivity index (χ4n) is 2.71. The van der Waals surface area contributed by atoms with Gasteiger partial charge in [0.2, 0.25) is 0 Å². The highest BCUT2D eigenvalue weighted by atomic mass is 19.4. The third kappa shape index (κ3) is 5.68. The van der Waals surface area contributed by atoms with Gasteiger partial charge in [-0.3, -0.25) is 4.79 Å². The van der Waals surface area contributed by atoms with Gasteiger partial charge in [-0.25, -0.2) is 4.39 Å². The van der Waals surface area contributed by atoms with E-state index in [1.807, 2.05) is 0 Å². The maximum atomic E-state index is 14.2. The zero-order valence-corrected chi connectivity index (χ0v) is 15.4. The number of hydrogen-bond donors (Lipinski definition) is 0. The minimum atomic E-state index is -4.97. The molecule has 31 heavy (non-hydrogen) atoms. The van der Waals surface area contributed by atoms with Gasteiger partial charge in [-0.2, -0.15) is 26.3 Å². The third-order valence-corrected chi connectivity index (χ3v) is 4.09. The summed E-state index contributed by atoms with van der Waals surface area (Å²) >= 11 is 0. The average molecular weight is 450 g/mol. The molecule has 0 aromatic heterocycles. The fraction of sp³-hybridized carbons (Fsp3) is 0.250. The minimum Gasteiger partial charge on any atom is -0.489 e. The van der Waals surface area contributed by atoms with E-state index >= 15 is 0 Å². The molecule has 0 saturated carbocycles. The van der Waals surface area contributed by atoms with E-state index in [0.29, 0.717) is 12.4 Å². The summed E-state index contributed by atoms with van der Waals surface area (Å²) in [6, 6.07) is 4.73. The number of hydrogen-bond acceptors (Lipinski definition) is 4. The second-order valence-corrected chi connectivity index (χ2v) is 6.46.